The number of H-pyrrole nitrogens is 1. The summed E-state index contributed by atoms with van der Waals surface area (Å²) in [4.78, 5) is 19.4. The Morgan fingerprint density at radius 2 is 2.15 bits per heavy atom. The minimum absolute atomic E-state index is 0.0367. The zero-order valence-corrected chi connectivity index (χ0v) is 16.6. The quantitative estimate of drug-likeness (QED) is 0.777. The Kier molecular flexibility index (Phi) is 4.73. The van der Waals surface area contributed by atoms with E-state index in [9.17, 15) is 4.79 Å². The van der Waals surface area contributed by atoms with Crippen LogP contribution in [0, 0.1) is 5.41 Å². The molecule has 1 spiro atoms. The van der Waals surface area contributed by atoms with E-state index in [4.69, 9.17) is 4.98 Å². The van der Waals surface area contributed by atoms with Crippen LogP contribution < -0.4 is 5.32 Å². The van der Waals surface area contributed by atoms with E-state index in [-0.39, 0.29) is 17.4 Å². The minimum atomic E-state index is -0.0367. The molecule has 4 rings (SSSR count). The van der Waals surface area contributed by atoms with Crippen LogP contribution in [0.3, 0.4) is 0 Å². The van der Waals surface area contributed by atoms with Crippen LogP contribution in [0.15, 0.2) is 28.7 Å². The van der Waals surface area contributed by atoms with Gasteiger partial charge >= 0.3 is 6.03 Å². The lowest BCUT2D eigenvalue weighted by Crippen LogP contribution is -2.39. The van der Waals surface area contributed by atoms with Crippen LogP contribution >= 0.6 is 15.9 Å². The number of nitrogens with one attached hydrogen (secondary N) is 2. The molecule has 7 heteroatoms. The van der Waals surface area contributed by atoms with Crippen molar-refractivity contribution in [3.05, 3.63) is 40.4 Å². The first kappa shape index (κ1) is 17.5. The van der Waals surface area contributed by atoms with Crippen molar-refractivity contribution in [3.63, 3.8) is 0 Å². The molecule has 1 aliphatic carbocycles. The normalized spacial score (nSPS) is 21.0. The smallest absolute Gasteiger partial charge is 0.321 e. The van der Waals surface area contributed by atoms with E-state index in [1.54, 1.807) is 0 Å². The molecule has 0 bridgehead atoms. The molecule has 1 saturated carbocycles. The number of carbonyl (C=O) groups excluding carboxylic acids is 1. The second kappa shape index (κ2) is 7.02. The van der Waals surface area contributed by atoms with Crippen molar-refractivity contribution in [3.8, 4) is 0 Å². The van der Waals surface area contributed by atoms with E-state index in [1.165, 1.54) is 6.42 Å². The number of aryl methyl sites for hydroxylation is 1. The van der Waals surface area contributed by atoms with Gasteiger partial charge in [0, 0.05) is 35.6 Å². The van der Waals surface area contributed by atoms with E-state index < -0.39 is 0 Å². The van der Waals surface area contributed by atoms with Crippen LogP contribution in [0.25, 0.3) is 0 Å². The molecule has 6 nitrogen and oxygen atoms in total. The fraction of sp³-hybridized carbons (Fsp3) is 0.526. The number of halogens is 1. The van der Waals surface area contributed by atoms with Gasteiger partial charge in [0.05, 0.1) is 0 Å². The number of carbonyl (C=O) groups is 1. The van der Waals surface area contributed by atoms with Gasteiger partial charge in [0.1, 0.15) is 5.82 Å². The monoisotopic (exact) mass is 417 g/mol. The number of hydrogen-bond acceptors (Lipinski definition) is 3. The number of benzene rings is 1. The Hall–Kier alpha value is -1.89. The van der Waals surface area contributed by atoms with Crippen LogP contribution in [0.1, 0.15) is 50.2 Å². The third kappa shape index (κ3) is 3.24. The predicted octanol–water partition coefficient (Wildman–Crippen LogP) is 4.32. The van der Waals surface area contributed by atoms with Crippen LogP contribution in [0.4, 0.5) is 10.5 Å². The molecule has 2 aliphatic rings. The lowest BCUT2D eigenvalue weighted by Gasteiger charge is -2.41. The predicted molar refractivity (Wildman–Crippen MR) is 104 cm³/mol. The molecule has 1 aromatic heterocycles. The summed E-state index contributed by atoms with van der Waals surface area (Å²) in [5.74, 6) is 2.07. The summed E-state index contributed by atoms with van der Waals surface area (Å²) in [7, 11) is 0. The first-order valence-corrected chi connectivity index (χ1v) is 10.1. The van der Waals surface area contributed by atoms with Crippen molar-refractivity contribution >= 4 is 27.6 Å². The summed E-state index contributed by atoms with van der Waals surface area (Å²) >= 11 is 3.42. The van der Waals surface area contributed by atoms with Gasteiger partial charge < -0.3 is 10.2 Å². The van der Waals surface area contributed by atoms with Crippen molar-refractivity contribution in [2.75, 3.05) is 18.4 Å². The topological polar surface area (TPSA) is 73.9 Å². The molecule has 1 aliphatic heterocycles. The van der Waals surface area contributed by atoms with Gasteiger partial charge in [0.15, 0.2) is 5.82 Å². The number of rotatable bonds is 4. The third-order valence-electron chi connectivity index (χ3n) is 5.73. The number of likely N-dealkylation sites (tertiary alicyclic amines) is 1. The lowest BCUT2D eigenvalue weighted by atomic mass is 9.62. The number of aromatic amines is 1. The fourth-order valence-corrected chi connectivity index (χ4v) is 4.43. The van der Waals surface area contributed by atoms with Crippen LogP contribution in [-0.2, 0) is 6.42 Å². The zero-order chi connectivity index (χ0) is 18.1. The van der Waals surface area contributed by atoms with Crippen molar-refractivity contribution in [2.45, 2.75) is 44.9 Å². The zero-order valence-electron chi connectivity index (χ0n) is 15.0. The second-order valence-electron chi connectivity index (χ2n) is 7.48. The van der Waals surface area contributed by atoms with Gasteiger partial charge in [0.25, 0.3) is 0 Å². The third-order valence-corrected chi connectivity index (χ3v) is 6.26. The SMILES string of the molecule is CCCc1nc(C2CN(C(=O)Nc3ccc(Br)cc3)CC23CCC3)n[nH]1. The molecule has 1 saturated heterocycles. The summed E-state index contributed by atoms with van der Waals surface area (Å²) in [6, 6.07) is 7.63. The van der Waals surface area contributed by atoms with E-state index in [0.717, 1.165) is 54.0 Å². The minimum Gasteiger partial charge on any atom is -0.323 e. The standard InChI is InChI=1S/C19H24BrN5O/c1-2-4-16-22-17(24-23-16)15-11-25(12-19(15)9-3-10-19)18(26)21-14-7-5-13(20)6-8-14/h5-8,15H,2-4,9-12H2,1H3,(H,21,26)(H,22,23,24). The van der Waals surface area contributed by atoms with Crippen molar-refractivity contribution in [1.82, 2.24) is 20.1 Å². The Balaban J connectivity index is 1.48. The molecule has 2 aromatic rings. The van der Waals surface area contributed by atoms with E-state index in [2.05, 4.69) is 38.4 Å². The highest BCUT2D eigenvalue weighted by atomic mass is 79.9. The maximum absolute atomic E-state index is 12.8. The molecule has 1 unspecified atom stereocenters. The summed E-state index contributed by atoms with van der Waals surface area (Å²) in [6.45, 7) is 3.61. The first-order valence-electron chi connectivity index (χ1n) is 9.32. The van der Waals surface area contributed by atoms with Gasteiger partial charge in [-0.3, -0.25) is 5.10 Å². The maximum atomic E-state index is 12.8. The molecular formula is C19H24BrN5O. The molecule has 1 aromatic carbocycles. The average Bonchev–Trinajstić information content (AvgIpc) is 3.21. The Bertz CT molecular complexity index is 783. The fourth-order valence-electron chi connectivity index (χ4n) is 4.17. The van der Waals surface area contributed by atoms with Crippen molar-refractivity contribution in [2.24, 2.45) is 5.41 Å². The number of nitrogens with zero attached hydrogens (tertiary/aromatic N) is 3. The van der Waals surface area contributed by atoms with Crippen LogP contribution in [0.5, 0.6) is 0 Å². The Morgan fingerprint density at radius 1 is 1.38 bits per heavy atom. The summed E-state index contributed by atoms with van der Waals surface area (Å²) in [5.41, 5.74) is 0.968. The van der Waals surface area contributed by atoms with E-state index >= 15 is 0 Å². The molecule has 1 atom stereocenters. The van der Waals surface area contributed by atoms with Gasteiger partial charge in [-0.1, -0.05) is 29.3 Å². The lowest BCUT2D eigenvalue weighted by molar-refractivity contribution is 0.122. The number of amides is 2. The molecule has 2 heterocycles. The Morgan fingerprint density at radius 3 is 2.81 bits per heavy atom. The molecular weight excluding hydrogens is 394 g/mol. The Labute approximate surface area is 161 Å². The molecule has 138 valence electrons. The van der Waals surface area contributed by atoms with Gasteiger partial charge in [-0.2, -0.15) is 5.10 Å². The molecule has 2 fully saturated rings. The first-order chi connectivity index (χ1) is 12.6. The number of hydrogen-bond donors (Lipinski definition) is 2. The largest absolute Gasteiger partial charge is 0.323 e. The highest BCUT2D eigenvalue weighted by Gasteiger charge is 2.53. The summed E-state index contributed by atoms with van der Waals surface area (Å²) in [5, 5.41) is 10.6. The van der Waals surface area contributed by atoms with Crippen LogP contribution in [-0.4, -0.2) is 39.2 Å². The van der Waals surface area contributed by atoms with Crippen molar-refractivity contribution < 1.29 is 4.79 Å². The van der Waals surface area contributed by atoms with Gasteiger partial charge in [-0.05, 0) is 48.9 Å². The summed E-state index contributed by atoms with van der Waals surface area (Å²) < 4.78 is 0.998. The highest BCUT2D eigenvalue weighted by Crippen LogP contribution is 2.55. The van der Waals surface area contributed by atoms with Gasteiger partial charge in [0.2, 0.25) is 0 Å². The number of anilines is 1. The molecule has 2 amide bonds. The van der Waals surface area contributed by atoms with Crippen LogP contribution in [0.2, 0.25) is 0 Å². The second-order valence-corrected chi connectivity index (χ2v) is 8.39. The highest BCUT2D eigenvalue weighted by molar-refractivity contribution is 9.10. The van der Waals surface area contributed by atoms with Gasteiger partial charge in [-0.25, -0.2) is 9.78 Å². The molecule has 26 heavy (non-hydrogen) atoms. The maximum Gasteiger partial charge on any atom is 0.321 e. The average molecular weight is 418 g/mol. The van der Waals surface area contributed by atoms with E-state index in [0.29, 0.717) is 6.54 Å². The summed E-state index contributed by atoms with van der Waals surface area (Å²) in [6.07, 6.45) is 5.49. The molecule has 2 N–H and O–H groups in total. The number of urea groups is 1. The van der Waals surface area contributed by atoms with Gasteiger partial charge in [-0.15, -0.1) is 0 Å². The van der Waals surface area contributed by atoms with E-state index in [1.807, 2.05) is 29.2 Å². The number of aromatic nitrogens is 3. The molecule has 0 radical (unpaired) electrons. The van der Waals surface area contributed by atoms with Crippen molar-refractivity contribution in [1.29, 1.82) is 0 Å².